The molecule has 1 atom stereocenters. The van der Waals surface area contributed by atoms with Crippen molar-refractivity contribution < 1.29 is 4.79 Å². The van der Waals surface area contributed by atoms with E-state index < -0.39 is 0 Å². The molecule has 1 amide bonds. The lowest BCUT2D eigenvalue weighted by Gasteiger charge is -2.20. The van der Waals surface area contributed by atoms with Crippen molar-refractivity contribution in [3.63, 3.8) is 0 Å². The lowest BCUT2D eigenvalue weighted by molar-refractivity contribution is -0.122. The van der Waals surface area contributed by atoms with Gasteiger partial charge in [-0.25, -0.2) is 4.98 Å². The number of rotatable bonds is 5. The van der Waals surface area contributed by atoms with Gasteiger partial charge in [0.15, 0.2) is 0 Å². The standard InChI is InChI=1S/C23H20ClN3O2S/c1-14-15(2)30-22-20(14)23(29)27(13-25-22)12-19(28)26-21(16-6-4-3-5-7-16)17-8-10-18(24)11-9-17/h3-11,13,21H,12H2,1-2H3,(H,26,28). The molecule has 4 rings (SSSR count). The predicted molar refractivity (Wildman–Crippen MR) is 121 cm³/mol. The van der Waals surface area contributed by atoms with E-state index in [0.29, 0.717) is 15.2 Å². The van der Waals surface area contributed by atoms with Gasteiger partial charge >= 0.3 is 0 Å². The minimum absolute atomic E-state index is 0.104. The summed E-state index contributed by atoms with van der Waals surface area (Å²) in [5.74, 6) is -0.272. The molecule has 0 aliphatic heterocycles. The lowest BCUT2D eigenvalue weighted by atomic mass is 9.98. The molecule has 0 saturated carbocycles. The van der Waals surface area contributed by atoms with E-state index in [4.69, 9.17) is 11.6 Å². The summed E-state index contributed by atoms with van der Waals surface area (Å²) in [5, 5.41) is 4.26. The number of thiophene rings is 1. The molecule has 5 nitrogen and oxygen atoms in total. The molecule has 0 radical (unpaired) electrons. The number of amides is 1. The maximum Gasteiger partial charge on any atom is 0.262 e. The third-order valence-corrected chi connectivity index (χ3v) is 6.48. The molecule has 2 heterocycles. The van der Waals surface area contributed by atoms with Crippen LogP contribution in [0.5, 0.6) is 0 Å². The van der Waals surface area contributed by atoms with E-state index in [-0.39, 0.29) is 24.1 Å². The molecule has 0 saturated heterocycles. The first-order valence-electron chi connectivity index (χ1n) is 9.49. The normalized spacial score (nSPS) is 12.1. The molecule has 30 heavy (non-hydrogen) atoms. The Labute approximate surface area is 183 Å². The van der Waals surface area contributed by atoms with Crippen LogP contribution in [0.4, 0.5) is 0 Å². The van der Waals surface area contributed by atoms with Crippen LogP contribution in [0, 0.1) is 13.8 Å². The molecule has 152 valence electrons. The number of fused-ring (bicyclic) bond motifs is 1. The van der Waals surface area contributed by atoms with Gasteiger partial charge < -0.3 is 5.32 Å². The lowest BCUT2D eigenvalue weighted by Crippen LogP contribution is -2.35. The Morgan fingerprint density at radius 2 is 1.77 bits per heavy atom. The monoisotopic (exact) mass is 437 g/mol. The summed E-state index contributed by atoms with van der Waals surface area (Å²) in [4.78, 5) is 31.9. The summed E-state index contributed by atoms with van der Waals surface area (Å²) in [7, 11) is 0. The van der Waals surface area contributed by atoms with Crippen molar-refractivity contribution in [2.45, 2.75) is 26.4 Å². The molecule has 1 unspecified atom stereocenters. The summed E-state index contributed by atoms with van der Waals surface area (Å²) >= 11 is 7.51. The van der Waals surface area contributed by atoms with Gasteiger partial charge in [-0.2, -0.15) is 0 Å². The maximum atomic E-state index is 12.9. The topological polar surface area (TPSA) is 64.0 Å². The number of carbonyl (C=O) groups excluding carboxylic acids is 1. The highest BCUT2D eigenvalue weighted by Gasteiger charge is 2.19. The Balaban J connectivity index is 1.63. The van der Waals surface area contributed by atoms with Gasteiger partial charge in [0.1, 0.15) is 11.4 Å². The van der Waals surface area contributed by atoms with E-state index in [9.17, 15) is 9.59 Å². The smallest absolute Gasteiger partial charge is 0.262 e. The fourth-order valence-electron chi connectivity index (χ4n) is 3.40. The summed E-state index contributed by atoms with van der Waals surface area (Å²) in [6.45, 7) is 3.77. The first-order chi connectivity index (χ1) is 14.4. The average molecular weight is 438 g/mol. The minimum atomic E-state index is -0.353. The largest absolute Gasteiger partial charge is 0.344 e. The first kappa shape index (κ1) is 20.3. The van der Waals surface area contributed by atoms with E-state index in [1.54, 1.807) is 12.1 Å². The third kappa shape index (κ3) is 4.01. The zero-order valence-corrected chi connectivity index (χ0v) is 18.1. The molecule has 0 aliphatic carbocycles. The van der Waals surface area contributed by atoms with Gasteiger partial charge in [0.2, 0.25) is 5.91 Å². The zero-order chi connectivity index (χ0) is 21.3. The highest BCUT2D eigenvalue weighted by molar-refractivity contribution is 7.18. The Morgan fingerprint density at radius 1 is 1.10 bits per heavy atom. The van der Waals surface area contributed by atoms with E-state index in [0.717, 1.165) is 21.6 Å². The van der Waals surface area contributed by atoms with E-state index in [1.807, 2.05) is 56.3 Å². The maximum absolute atomic E-state index is 12.9. The molecule has 0 spiro atoms. The van der Waals surface area contributed by atoms with Gasteiger partial charge in [0.05, 0.1) is 17.8 Å². The van der Waals surface area contributed by atoms with E-state index in [2.05, 4.69) is 10.3 Å². The highest BCUT2D eigenvalue weighted by atomic mass is 35.5. The summed E-state index contributed by atoms with van der Waals surface area (Å²) in [5.41, 5.74) is 2.58. The molecule has 0 aliphatic rings. The number of hydrogen-bond donors (Lipinski definition) is 1. The third-order valence-electron chi connectivity index (χ3n) is 5.11. The molecular formula is C23H20ClN3O2S. The van der Waals surface area contributed by atoms with E-state index >= 15 is 0 Å². The second-order valence-electron chi connectivity index (χ2n) is 7.10. The Bertz CT molecular complexity index is 1260. The fourth-order valence-corrected chi connectivity index (χ4v) is 4.52. The van der Waals surface area contributed by atoms with Crippen LogP contribution in [0.1, 0.15) is 27.6 Å². The van der Waals surface area contributed by atoms with E-state index in [1.165, 1.54) is 22.2 Å². The SMILES string of the molecule is Cc1sc2ncn(CC(=O)NC(c3ccccc3)c3ccc(Cl)cc3)c(=O)c2c1C. The van der Waals surface area contributed by atoms with Crippen LogP contribution >= 0.6 is 22.9 Å². The van der Waals surface area contributed by atoms with Gasteiger partial charge in [0.25, 0.3) is 5.56 Å². The van der Waals surface area contributed by atoms with Crippen molar-refractivity contribution in [2.24, 2.45) is 0 Å². The summed E-state index contributed by atoms with van der Waals surface area (Å²) in [6.07, 6.45) is 1.44. The van der Waals surface area contributed by atoms with Crippen molar-refractivity contribution in [3.8, 4) is 0 Å². The number of aryl methyl sites for hydroxylation is 2. The van der Waals surface area contributed by atoms with Crippen molar-refractivity contribution in [1.82, 2.24) is 14.9 Å². The van der Waals surface area contributed by atoms with Gasteiger partial charge in [-0.15, -0.1) is 11.3 Å². The average Bonchev–Trinajstić information content (AvgIpc) is 3.04. The zero-order valence-electron chi connectivity index (χ0n) is 16.6. The van der Waals surface area contributed by atoms with Crippen molar-refractivity contribution in [2.75, 3.05) is 0 Å². The minimum Gasteiger partial charge on any atom is -0.344 e. The van der Waals surface area contributed by atoms with Crippen LogP contribution in [0.3, 0.4) is 0 Å². The highest BCUT2D eigenvalue weighted by Crippen LogP contribution is 2.26. The van der Waals surface area contributed by atoms with Crippen molar-refractivity contribution >= 4 is 39.1 Å². The predicted octanol–water partition coefficient (Wildman–Crippen LogP) is 4.63. The van der Waals surface area contributed by atoms with Crippen LogP contribution in [0.25, 0.3) is 10.2 Å². The molecule has 7 heteroatoms. The number of benzene rings is 2. The fraction of sp³-hybridized carbons (Fsp3) is 0.174. The van der Waals surface area contributed by atoms with Crippen molar-refractivity contribution in [1.29, 1.82) is 0 Å². The Morgan fingerprint density at radius 3 is 2.47 bits per heavy atom. The number of carbonyl (C=O) groups is 1. The second kappa shape index (κ2) is 8.42. The van der Waals surface area contributed by atoms with Crippen molar-refractivity contribution in [3.05, 3.63) is 97.9 Å². The van der Waals surface area contributed by atoms with Gasteiger partial charge in [-0.1, -0.05) is 54.1 Å². The second-order valence-corrected chi connectivity index (χ2v) is 8.74. The van der Waals surface area contributed by atoms with Crippen LogP contribution in [-0.2, 0) is 11.3 Å². The van der Waals surface area contributed by atoms with Gasteiger partial charge in [0, 0.05) is 9.90 Å². The Kier molecular flexibility index (Phi) is 5.70. The Hall–Kier alpha value is -2.96. The number of aromatic nitrogens is 2. The van der Waals surface area contributed by atoms with Gasteiger partial charge in [-0.05, 0) is 42.7 Å². The molecule has 4 aromatic rings. The number of nitrogens with zero attached hydrogens (tertiary/aromatic N) is 2. The number of halogens is 1. The quantitative estimate of drug-likeness (QED) is 0.495. The summed E-state index contributed by atoms with van der Waals surface area (Å²) < 4.78 is 1.36. The van der Waals surface area contributed by atoms with Crippen LogP contribution in [0.2, 0.25) is 5.02 Å². The molecule has 1 N–H and O–H groups in total. The van der Waals surface area contributed by atoms with Crippen LogP contribution in [0.15, 0.2) is 65.7 Å². The van der Waals surface area contributed by atoms with Crippen LogP contribution < -0.4 is 10.9 Å². The number of nitrogens with one attached hydrogen (secondary N) is 1. The molecule has 0 bridgehead atoms. The molecule has 0 fully saturated rings. The molecule has 2 aromatic carbocycles. The number of hydrogen-bond acceptors (Lipinski definition) is 4. The van der Waals surface area contributed by atoms with Gasteiger partial charge in [-0.3, -0.25) is 14.2 Å². The first-order valence-corrected chi connectivity index (χ1v) is 10.7. The molecule has 2 aromatic heterocycles. The summed E-state index contributed by atoms with van der Waals surface area (Å²) in [6, 6.07) is 16.7. The molecular weight excluding hydrogens is 418 g/mol. The van der Waals surface area contributed by atoms with Crippen LogP contribution in [-0.4, -0.2) is 15.5 Å².